The van der Waals surface area contributed by atoms with Crippen LogP contribution in [0.15, 0.2) is 29.3 Å². The molecule has 0 radical (unpaired) electrons. The SMILES string of the molecule is CCNC(=NCCCCC(=O)OC)NCCc1ccccc1OC. The fourth-order valence-electron chi connectivity index (χ4n) is 2.24. The van der Waals surface area contributed by atoms with Crippen LogP contribution in [-0.2, 0) is 16.0 Å². The zero-order valence-electron chi connectivity index (χ0n) is 14.9. The van der Waals surface area contributed by atoms with E-state index in [1.807, 2.05) is 25.1 Å². The van der Waals surface area contributed by atoms with Gasteiger partial charge in [-0.15, -0.1) is 0 Å². The Kier molecular flexibility index (Phi) is 10.1. The van der Waals surface area contributed by atoms with Crippen molar-refractivity contribution in [2.24, 2.45) is 4.99 Å². The summed E-state index contributed by atoms with van der Waals surface area (Å²) in [6.07, 6.45) is 2.95. The normalized spacial score (nSPS) is 11.0. The van der Waals surface area contributed by atoms with Crippen LogP contribution in [-0.4, -0.2) is 45.8 Å². The van der Waals surface area contributed by atoms with Crippen LogP contribution in [0.25, 0.3) is 0 Å². The number of nitrogens with one attached hydrogen (secondary N) is 2. The molecule has 6 nitrogen and oxygen atoms in total. The van der Waals surface area contributed by atoms with E-state index in [9.17, 15) is 4.79 Å². The minimum atomic E-state index is -0.166. The highest BCUT2D eigenvalue weighted by molar-refractivity contribution is 5.79. The van der Waals surface area contributed by atoms with Crippen LogP contribution in [0.1, 0.15) is 31.7 Å². The van der Waals surface area contributed by atoms with E-state index in [4.69, 9.17) is 4.74 Å². The van der Waals surface area contributed by atoms with Gasteiger partial charge in [-0.1, -0.05) is 18.2 Å². The number of methoxy groups -OCH3 is 2. The van der Waals surface area contributed by atoms with Gasteiger partial charge in [-0.25, -0.2) is 0 Å². The third-order valence-corrected chi connectivity index (χ3v) is 3.51. The van der Waals surface area contributed by atoms with Gasteiger partial charge in [-0.2, -0.15) is 0 Å². The van der Waals surface area contributed by atoms with E-state index in [2.05, 4.69) is 26.4 Å². The van der Waals surface area contributed by atoms with Crippen molar-refractivity contribution in [1.82, 2.24) is 10.6 Å². The Morgan fingerprint density at radius 2 is 1.96 bits per heavy atom. The zero-order valence-corrected chi connectivity index (χ0v) is 14.9. The maximum Gasteiger partial charge on any atom is 0.305 e. The van der Waals surface area contributed by atoms with Crippen molar-refractivity contribution >= 4 is 11.9 Å². The maximum absolute atomic E-state index is 11.0. The molecule has 24 heavy (non-hydrogen) atoms. The van der Waals surface area contributed by atoms with Crippen molar-refractivity contribution in [3.05, 3.63) is 29.8 Å². The summed E-state index contributed by atoms with van der Waals surface area (Å²) in [4.78, 5) is 15.6. The van der Waals surface area contributed by atoms with Crippen molar-refractivity contribution in [2.45, 2.75) is 32.6 Å². The molecule has 0 spiro atoms. The van der Waals surface area contributed by atoms with E-state index in [0.717, 1.165) is 44.1 Å². The fraction of sp³-hybridized carbons (Fsp3) is 0.556. The first-order valence-corrected chi connectivity index (χ1v) is 8.42. The zero-order chi connectivity index (χ0) is 17.6. The number of ether oxygens (including phenoxy) is 2. The number of nitrogens with zero attached hydrogens (tertiary/aromatic N) is 1. The van der Waals surface area contributed by atoms with Gasteiger partial charge < -0.3 is 20.1 Å². The second-order valence-corrected chi connectivity index (χ2v) is 5.28. The topological polar surface area (TPSA) is 72.0 Å². The number of esters is 1. The number of hydrogen-bond acceptors (Lipinski definition) is 4. The minimum absolute atomic E-state index is 0.166. The molecule has 6 heteroatoms. The molecule has 0 heterocycles. The Labute approximate surface area is 144 Å². The number of unbranched alkanes of at least 4 members (excludes halogenated alkanes) is 1. The molecule has 0 amide bonds. The molecule has 2 N–H and O–H groups in total. The Balaban J connectivity index is 2.36. The summed E-state index contributed by atoms with van der Waals surface area (Å²) < 4.78 is 9.98. The number of aliphatic imine (C=N–C) groups is 1. The quantitative estimate of drug-likeness (QED) is 0.297. The van der Waals surface area contributed by atoms with Gasteiger partial charge >= 0.3 is 5.97 Å². The van der Waals surface area contributed by atoms with Crippen molar-refractivity contribution < 1.29 is 14.3 Å². The highest BCUT2D eigenvalue weighted by atomic mass is 16.5. The Morgan fingerprint density at radius 3 is 2.67 bits per heavy atom. The smallest absolute Gasteiger partial charge is 0.305 e. The van der Waals surface area contributed by atoms with Gasteiger partial charge in [0, 0.05) is 26.1 Å². The summed E-state index contributed by atoms with van der Waals surface area (Å²) in [5.74, 6) is 1.54. The van der Waals surface area contributed by atoms with Crippen molar-refractivity contribution in [2.75, 3.05) is 33.9 Å². The van der Waals surface area contributed by atoms with Crippen LogP contribution in [0.3, 0.4) is 0 Å². The fourth-order valence-corrected chi connectivity index (χ4v) is 2.24. The number of rotatable bonds is 10. The Bertz CT molecular complexity index is 518. The van der Waals surface area contributed by atoms with Crippen molar-refractivity contribution in [3.63, 3.8) is 0 Å². The molecule has 0 aliphatic rings. The lowest BCUT2D eigenvalue weighted by molar-refractivity contribution is -0.140. The van der Waals surface area contributed by atoms with Gasteiger partial charge in [-0.3, -0.25) is 9.79 Å². The summed E-state index contributed by atoms with van der Waals surface area (Å²) >= 11 is 0. The molecule has 1 aromatic rings. The number of carbonyl (C=O) groups excluding carboxylic acids is 1. The number of guanidine groups is 1. The van der Waals surface area contributed by atoms with Gasteiger partial charge in [-0.05, 0) is 37.8 Å². The minimum Gasteiger partial charge on any atom is -0.496 e. The highest BCUT2D eigenvalue weighted by Crippen LogP contribution is 2.17. The van der Waals surface area contributed by atoms with E-state index >= 15 is 0 Å². The van der Waals surface area contributed by atoms with Crippen LogP contribution in [0.4, 0.5) is 0 Å². The van der Waals surface area contributed by atoms with E-state index in [-0.39, 0.29) is 5.97 Å². The Morgan fingerprint density at radius 1 is 1.17 bits per heavy atom. The Hall–Kier alpha value is -2.24. The largest absolute Gasteiger partial charge is 0.496 e. The predicted octanol–water partition coefficient (Wildman–Crippen LogP) is 2.14. The summed E-state index contributed by atoms with van der Waals surface area (Å²) in [5.41, 5.74) is 1.17. The van der Waals surface area contributed by atoms with E-state index in [1.54, 1.807) is 7.11 Å². The number of carbonyl (C=O) groups is 1. The summed E-state index contributed by atoms with van der Waals surface area (Å²) in [6.45, 7) is 4.30. The molecule has 1 aromatic carbocycles. The molecule has 0 aliphatic heterocycles. The summed E-state index contributed by atoms with van der Waals surface area (Å²) in [6, 6.07) is 8.02. The first kappa shape index (κ1) is 19.8. The van der Waals surface area contributed by atoms with Crippen LogP contribution < -0.4 is 15.4 Å². The third kappa shape index (κ3) is 7.85. The molecule has 134 valence electrons. The number of hydrogen-bond donors (Lipinski definition) is 2. The molecule has 0 unspecified atom stereocenters. The van der Waals surface area contributed by atoms with Gasteiger partial charge in [0.15, 0.2) is 5.96 Å². The monoisotopic (exact) mass is 335 g/mol. The first-order chi connectivity index (χ1) is 11.7. The third-order valence-electron chi connectivity index (χ3n) is 3.51. The van der Waals surface area contributed by atoms with Crippen molar-refractivity contribution in [3.8, 4) is 5.75 Å². The molecule has 0 bridgehead atoms. The lowest BCUT2D eigenvalue weighted by Crippen LogP contribution is -2.38. The van der Waals surface area contributed by atoms with Crippen LogP contribution >= 0.6 is 0 Å². The average Bonchev–Trinajstić information content (AvgIpc) is 2.61. The van der Waals surface area contributed by atoms with Crippen molar-refractivity contribution in [1.29, 1.82) is 0 Å². The molecule has 0 aromatic heterocycles. The molecule has 1 rings (SSSR count). The predicted molar refractivity (Wildman–Crippen MR) is 96.5 cm³/mol. The molecular formula is C18H29N3O3. The molecule has 0 fully saturated rings. The maximum atomic E-state index is 11.0. The standard InChI is InChI=1S/C18H29N3O3/c1-4-19-18(20-13-8-7-11-17(22)24-3)21-14-12-15-9-5-6-10-16(15)23-2/h5-6,9-10H,4,7-8,11-14H2,1-3H3,(H2,19,20,21). The molecule has 0 saturated heterocycles. The van der Waals surface area contributed by atoms with E-state index in [0.29, 0.717) is 13.0 Å². The van der Waals surface area contributed by atoms with Gasteiger partial charge in [0.05, 0.1) is 14.2 Å². The average molecular weight is 335 g/mol. The number of benzene rings is 1. The lowest BCUT2D eigenvalue weighted by Gasteiger charge is -2.12. The summed E-state index contributed by atoms with van der Waals surface area (Å²) in [5, 5.41) is 6.55. The van der Waals surface area contributed by atoms with E-state index in [1.165, 1.54) is 12.7 Å². The van der Waals surface area contributed by atoms with Gasteiger partial charge in [0.2, 0.25) is 0 Å². The molecule has 0 aliphatic carbocycles. The second-order valence-electron chi connectivity index (χ2n) is 5.28. The van der Waals surface area contributed by atoms with E-state index < -0.39 is 0 Å². The lowest BCUT2D eigenvalue weighted by atomic mass is 10.1. The number of para-hydroxylation sites is 1. The first-order valence-electron chi connectivity index (χ1n) is 8.42. The highest BCUT2D eigenvalue weighted by Gasteiger charge is 2.03. The summed E-state index contributed by atoms with van der Waals surface area (Å²) in [7, 11) is 3.10. The van der Waals surface area contributed by atoms with Crippen LogP contribution in [0.2, 0.25) is 0 Å². The van der Waals surface area contributed by atoms with Gasteiger partial charge in [0.1, 0.15) is 5.75 Å². The molecule has 0 saturated carbocycles. The molecular weight excluding hydrogens is 306 g/mol. The van der Waals surface area contributed by atoms with Crippen LogP contribution in [0, 0.1) is 0 Å². The van der Waals surface area contributed by atoms with Gasteiger partial charge in [0.25, 0.3) is 0 Å². The molecule has 0 atom stereocenters. The second kappa shape index (κ2) is 12.2. The van der Waals surface area contributed by atoms with Crippen LogP contribution in [0.5, 0.6) is 5.75 Å².